The fourth-order valence-electron chi connectivity index (χ4n) is 2.14. The van der Waals surface area contributed by atoms with Crippen LogP contribution >= 0.6 is 7.82 Å². The lowest BCUT2D eigenvalue weighted by Crippen LogP contribution is -2.17. The van der Waals surface area contributed by atoms with E-state index in [9.17, 15) is 9.36 Å². The Morgan fingerprint density at radius 2 is 2.33 bits per heavy atom. The van der Waals surface area contributed by atoms with Crippen LogP contribution in [-0.2, 0) is 13.8 Å². The van der Waals surface area contributed by atoms with Gasteiger partial charge in [-0.2, -0.15) is 4.68 Å². The van der Waals surface area contributed by atoms with Crippen LogP contribution in [0.3, 0.4) is 0 Å². The molecule has 0 spiro atoms. The summed E-state index contributed by atoms with van der Waals surface area (Å²) in [4.78, 5) is 35.2. The molecule has 21 heavy (non-hydrogen) atoms. The molecule has 0 saturated carbocycles. The first-order valence-electron chi connectivity index (χ1n) is 6.08. The summed E-state index contributed by atoms with van der Waals surface area (Å²) in [6.45, 7) is -0.221. The number of hydrogen-bond acceptors (Lipinski definition) is 7. The molecule has 1 fully saturated rings. The molecule has 0 aliphatic carbocycles. The highest BCUT2D eigenvalue weighted by molar-refractivity contribution is 7.46. The summed E-state index contributed by atoms with van der Waals surface area (Å²) in [6.07, 6.45) is 1.35. The van der Waals surface area contributed by atoms with E-state index in [0.29, 0.717) is 18.5 Å². The number of hydrogen-bond donors (Lipinski definition) is 3. The van der Waals surface area contributed by atoms with Crippen LogP contribution in [0.5, 0.6) is 0 Å². The average Bonchev–Trinajstić information content (AvgIpc) is 3.02. The Kier molecular flexibility index (Phi) is 3.59. The van der Waals surface area contributed by atoms with E-state index in [2.05, 4.69) is 24.8 Å². The second-order valence-corrected chi connectivity index (χ2v) is 5.75. The second-order valence-electron chi connectivity index (χ2n) is 4.51. The summed E-state index contributed by atoms with van der Waals surface area (Å²) >= 11 is 0. The minimum atomic E-state index is -4.52. The number of aromatic nitrogens is 5. The van der Waals surface area contributed by atoms with Gasteiger partial charge < -0.3 is 19.5 Å². The molecule has 0 amide bonds. The zero-order valence-corrected chi connectivity index (χ0v) is 11.5. The first kappa shape index (κ1) is 14.3. The monoisotopic (exact) mass is 317 g/mol. The summed E-state index contributed by atoms with van der Waals surface area (Å²) in [5.74, 6) is 0. The van der Waals surface area contributed by atoms with Gasteiger partial charge in [-0.05, 0) is 12.8 Å². The highest BCUT2D eigenvalue weighted by atomic mass is 31.2. The van der Waals surface area contributed by atoms with Crippen molar-refractivity contribution < 1.29 is 23.6 Å². The number of phosphoric ester groups is 1. The lowest BCUT2D eigenvalue weighted by atomic mass is 10.2. The molecule has 1 aliphatic rings. The first-order chi connectivity index (χ1) is 9.94. The van der Waals surface area contributed by atoms with E-state index in [1.165, 1.54) is 11.0 Å². The Bertz CT molecular complexity index is 752. The number of ether oxygens (including phenoxy) is 1. The fourth-order valence-corrected chi connectivity index (χ4v) is 2.50. The highest BCUT2D eigenvalue weighted by Gasteiger charge is 2.31. The first-order valence-corrected chi connectivity index (χ1v) is 7.61. The predicted octanol–water partition coefficient (Wildman–Crippen LogP) is -0.699. The summed E-state index contributed by atoms with van der Waals surface area (Å²) in [6, 6.07) is 0. The molecule has 1 aliphatic heterocycles. The van der Waals surface area contributed by atoms with Crippen LogP contribution in [0.1, 0.15) is 19.1 Å². The van der Waals surface area contributed by atoms with Crippen LogP contribution in [0.4, 0.5) is 0 Å². The Labute approximate surface area is 117 Å². The summed E-state index contributed by atoms with van der Waals surface area (Å²) < 4.78 is 22.0. The number of fused-ring (bicyclic) bond motifs is 1. The molecule has 0 aromatic carbocycles. The van der Waals surface area contributed by atoms with Crippen LogP contribution < -0.4 is 5.56 Å². The molecule has 3 heterocycles. The molecule has 3 rings (SSSR count). The zero-order valence-electron chi connectivity index (χ0n) is 10.6. The number of H-pyrrole nitrogens is 1. The SMILES string of the molecule is O=c1[nH]cnc2c1nnn2[C@H]1CC[C@@H](COP(=O)(O)O)O1. The van der Waals surface area contributed by atoms with Crippen molar-refractivity contribution in [3.63, 3.8) is 0 Å². The maximum absolute atomic E-state index is 11.5. The van der Waals surface area contributed by atoms with Gasteiger partial charge in [0, 0.05) is 0 Å². The van der Waals surface area contributed by atoms with Gasteiger partial charge in [0.15, 0.2) is 17.4 Å². The van der Waals surface area contributed by atoms with Crippen molar-refractivity contribution in [2.45, 2.75) is 25.2 Å². The van der Waals surface area contributed by atoms with Crippen molar-refractivity contribution in [2.75, 3.05) is 6.61 Å². The quantitative estimate of drug-likeness (QED) is 0.621. The average molecular weight is 317 g/mol. The van der Waals surface area contributed by atoms with Gasteiger partial charge in [0.25, 0.3) is 5.56 Å². The largest absolute Gasteiger partial charge is 0.469 e. The predicted molar refractivity (Wildman–Crippen MR) is 67.1 cm³/mol. The van der Waals surface area contributed by atoms with Crippen molar-refractivity contribution in [2.24, 2.45) is 0 Å². The van der Waals surface area contributed by atoms with E-state index >= 15 is 0 Å². The molecule has 0 unspecified atom stereocenters. The third-order valence-corrected chi connectivity index (χ3v) is 3.54. The molecule has 0 radical (unpaired) electrons. The lowest BCUT2D eigenvalue weighted by Gasteiger charge is -2.14. The highest BCUT2D eigenvalue weighted by Crippen LogP contribution is 2.38. The van der Waals surface area contributed by atoms with Crippen LogP contribution in [0.25, 0.3) is 11.2 Å². The van der Waals surface area contributed by atoms with Crippen molar-refractivity contribution in [3.8, 4) is 0 Å². The van der Waals surface area contributed by atoms with Crippen LogP contribution in [-0.4, -0.2) is 47.5 Å². The van der Waals surface area contributed by atoms with Crippen molar-refractivity contribution >= 4 is 19.0 Å². The Hall–Kier alpha value is -1.65. The number of nitrogens with zero attached hydrogens (tertiary/aromatic N) is 4. The molecule has 0 bridgehead atoms. The minimum Gasteiger partial charge on any atom is -0.351 e. The van der Waals surface area contributed by atoms with Gasteiger partial charge >= 0.3 is 7.82 Å². The van der Waals surface area contributed by atoms with Crippen molar-refractivity contribution in [1.29, 1.82) is 0 Å². The Balaban J connectivity index is 1.75. The second kappa shape index (κ2) is 5.28. The van der Waals surface area contributed by atoms with E-state index in [0.717, 1.165) is 0 Å². The van der Waals surface area contributed by atoms with E-state index in [1.807, 2.05) is 0 Å². The summed E-state index contributed by atoms with van der Waals surface area (Å²) in [5, 5.41) is 7.59. The fraction of sp³-hybridized carbons (Fsp3) is 0.556. The maximum Gasteiger partial charge on any atom is 0.469 e. The molecule has 3 N–H and O–H groups in total. The minimum absolute atomic E-state index is 0.107. The molecule has 2 aromatic rings. The summed E-state index contributed by atoms with van der Waals surface area (Å²) in [7, 11) is -4.52. The van der Waals surface area contributed by atoms with Crippen LogP contribution in [0, 0.1) is 0 Å². The Morgan fingerprint density at radius 1 is 1.52 bits per heavy atom. The number of phosphoric acid groups is 1. The van der Waals surface area contributed by atoms with E-state index < -0.39 is 25.7 Å². The molecule has 2 atom stereocenters. The van der Waals surface area contributed by atoms with Crippen molar-refractivity contribution in [1.82, 2.24) is 25.0 Å². The van der Waals surface area contributed by atoms with E-state index in [1.54, 1.807) is 0 Å². The number of nitrogens with one attached hydrogen (secondary N) is 1. The van der Waals surface area contributed by atoms with Crippen LogP contribution in [0.2, 0.25) is 0 Å². The van der Waals surface area contributed by atoms with Gasteiger partial charge in [-0.3, -0.25) is 9.32 Å². The molecule has 11 nitrogen and oxygen atoms in total. The zero-order chi connectivity index (χ0) is 15.0. The molecular formula is C9H12N5O6P. The van der Waals surface area contributed by atoms with E-state index in [4.69, 9.17) is 14.5 Å². The van der Waals surface area contributed by atoms with Gasteiger partial charge in [0.2, 0.25) is 0 Å². The normalized spacial score (nSPS) is 23.0. The number of rotatable bonds is 4. The standard InChI is InChI=1S/C9H12N5O6P/c15-9-7-8(10-4-11-9)14(13-12-7)6-2-1-5(20-6)3-19-21(16,17)18/h4-6H,1-3H2,(H,10,11,15)(H2,16,17,18)/t5-,6+/m0/s1. The molecule has 114 valence electrons. The third kappa shape index (κ3) is 3.01. The van der Waals surface area contributed by atoms with E-state index in [-0.39, 0.29) is 12.1 Å². The van der Waals surface area contributed by atoms with Crippen molar-refractivity contribution in [3.05, 3.63) is 16.7 Å². The molecular weight excluding hydrogens is 305 g/mol. The summed E-state index contributed by atoms with van der Waals surface area (Å²) in [5.41, 5.74) is 0.00181. The smallest absolute Gasteiger partial charge is 0.351 e. The van der Waals surface area contributed by atoms with Crippen LogP contribution in [0.15, 0.2) is 11.1 Å². The maximum atomic E-state index is 11.5. The lowest BCUT2D eigenvalue weighted by molar-refractivity contribution is -0.0267. The van der Waals surface area contributed by atoms with Gasteiger partial charge in [0.05, 0.1) is 19.0 Å². The van der Waals surface area contributed by atoms with Gasteiger partial charge in [0.1, 0.15) is 0 Å². The molecule has 2 aromatic heterocycles. The third-order valence-electron chi connectivity index (χ3n) is 3.05. The topological polar surface area (TPSA) is 152 Å². The molecule has 1 saturated heterocycles. The van der Waals surface area contributed by atoms with Gasteiger partial charge in [-0.15, -0.1) is 5.10 Å². The number of aromatic amines is 1. The van der Waals surface area contributed by atoms with Gasteiger partial charge in [-0.25, -0.2) is 9.55 Å². The molecule has 12 heteroatoms. The van der Waals surface area contributed by atoms with Gasteiger partial charge in [-0.1, -0.05) is 5.21 Å². The Morgan fingerprint density at radius 3 is 3.10 bits per heavy atom.